The van der Waals surface area contributed by atoms with Crippen LogP contribution in [0.2, 0.25) is 0 Å². The lowest BCUT2D eigenvalue weighted by atomic mass is 10.3. The van der Waals surface area contributed by atoms with Gasteiger partial charge in [0.2, 0.25) is 5.91 Å². The fourth-order valence-electron chi connectivity index (χ4n) is 0.459. The van der Waals surface area contributed by atoms with Crippen LogP contribution < -0.4 is 11.3 Å². The van der Waals surface area contributed by atoms with Crippen LogP contribution >= 0.6 is 0 Å². The average molecular weight is 131 g/mol. The lowest BCUT2D eigenvalue weighted by Gasteiger charge is -2.14. The number of rotatable bonds is 2. The van der Waals surface area contributed by atoms with Gasteiger partial charge in [-0.1, -0.05) is 0 Å². The summed E-state index contributed by atoms with van der Waals surface area (Å²) in [7, 11) is 3.38. The van der Waals surface area contributed by atoms with E-state index in [1.807, 2.05) is 0 Å². The molecule has 0 aromatic heterocycles. The SMILES string of the molecule is CC(NN)C(=O)N(C)C. The van der Waals surface area contributed by atoms with Crippen molar-refractivity contribution in [2.45, 2.75) is 13.0 Å². The van der Waals surface area contributed by atoms with Crippen LogP contribution in [0.4, 0.5) is 0 Å². The Bertz CT molecular complexity index is 102. The molecule has 0 rings (SSSR count). The van der Waals surface area contributed by atoms with Crippen molar-refractivity contribution in [2.75, 3.05) is 14.1 Å². The zero-order valence-electron chi connectivity index (χ0n) is 6.01. The molecule has 0 saturated carbocycles. The van der Waals surface area contributed by atoms with Gasteiger partial charge in [-0.2, -0.15) is 0 Å². The van der Waals surface area contributed by atoms with Crippen LogP contribution in [0.25, 0.3) is 0 Å². The highest BCUT2D eigenvalue weighted by molar-refractivity contribution is 5.80. The first-order valence-electron chi connectivity index (χ1n) is 2.77. The molecule has 1 amide bonds. The third-order valence-electron chi connectivity index (χ3n) is 1.06. The van der Waals surface area contributed by atoms with Gasteiger partial charge in [0.25, 0.3) is 0 Å². The number of nitrogens with one attached hydrogen (secondary N) is 1. The number of nitrogens with two attached hydrogens (primary N) is 1. The number of hydrogen-bond donors (Lipinski definition) is 2. The van der Waals surface area contributed by atoms with Gasteiger partial charge in [0.05, 0.1) is 6.04 Å². The number of carbonyl (C=O) groups excluding carboxylic acids is 1. The fraction of sp³-hybridized carbons (Fsp3) is 0.800. The lowest BCUT2D eigenvalue weighted by molar-refractivity contribution is -0.130. The molecule has 1 atom stereocenters. The molecular formula is C5H13N3O. The van der Waals surface area contributed by atoms with Crippen LogP contribution in [0, 0.1) is 0 Å². The zero-order valence-corrected chi connectivity index (χ0v) is 6.01. The average Bonchev–Trinajstić information content (AvgIpc) is 1.84. The molecular weight excluding hydrogens is 118 g/mol. The third-order valence-corrected chi connectivity index (χ3v) is 1.06. The van der Waals surface area contributed by atoms with E-state index in [9.17, 15) is 4.79 Å². The molecule has 0 aliphatic heterocycles. The molecule has 0 heterocycles. The summed E-state index contributed by atoms with van der Waals surface area (Å²) in [5.74, 6) is 5.00. The summed E-state index contributed by atoms with van der Waals surface area (Å²) >= 11 is 0. The van der Waals surface area contributed by atoms with E-state index in [1.165, 1.54) is 4.90 Å². The molecule has 0 aliphatic rings. The molecule has 0 radical (unpaired) electrons. The summed E-state index contributed by atoms with van der Waals surface area (Å²) < 4.78 is 0. The first-order valence-corrected chi connectivity index (χ1v) is 2.77. The molecule has 0 aromatic rings. The second-order valence-corrected chi connectivity index (χ2v) is 2.12. The molecule has 4 heteroatoms. The summed E-state index contributed by atoms with van der Waals surface area (Å²) in [6.07, 6.45) is 0. The van der Waals surface area contributed by atoms with Crippen molar-refractivity contribution in [3.8, 4) is 0 Å². The Balaban J connectivity index is 3.73. The number of nitrogens with zero attached hydrogens (tertiary/aromatic N) is 1. The van der Waals surface area contributed by atoms with Crippen molar-refractivity contribution >= 4 is 5.91 Å². The van der Waals surface area contributed by atoms with Crippen molar-refractivity contribution in [2.24, 2.45) is 5.84 Å². The maximum absolute atomic E-state index is 10.9. The highest BCUT2D eigenvalue weighted by Gasteiger charge is 2.11. The minimum atomic E-state index is -0.292. The second kappa shape index (κ2) is 3.42. The number of likely N-dealkylation sites (N-methyl/N-ethyl adjacent to an activating group) is 1. The van der Waals surface area contributed by atoms with E-state index in [4.69, 9.17) is 5.84 Å². The normalized spacial score (nSPS) is 12.9. The summed E-state index contributed by atoms with van der Waals surface area (Å²) in [6.45, 7) is 1.71. The van der Waals surface area contributed by atoms with Crippen LogP contribution in [0.3, 0.4) is 0 Å². The van der Waals surface area contributed by atoms with Gasteiger partial charge >= 0.3 is 0 Å². The van der Waals surface area contributed by atoms with Crippen molar-refractivity contribution in [1.82, 2.24) is 10.3 Å². The fourth-order valence-corrected chi connectivity index (χ4v) is 0.459. The molecule has 0 aliphatic carbocycles. The van der Waals surface area contributed by atoms with Crippen LogP contribution in [0.5, 0.6) is 0 Å². The molecule has 1 unspecified atom stereocenters. The van der Waals surface area contributed by atoms with E-state index in [-0.39, 0.29) is 11.9 Å². The Morgan fingerprint density at radius 2 is 2.11 bits per heavy atom. The predicted molar refractivity (Wildman–Crippen MR) is 35.5 cm³/mol. The highest BCUT2D eigenvalue weighted by atomic mass is 16.2. The molecule has 4 nitrogen and oxygen atoms in total. The number of hydrazine groups is 1. The maximum Gasteiger partial charge on any atom is 0.240 e. The van der Waals surface area contributed by atoms with Gasteiger partial charge in [-0.05, 0) is 6.92 Å². The van der Waals surface area contributed by atoms with E-state index >= 15 is 0 Å². The molecule has 54 valence electrons. The van der Waals surface area contributed by atoms with Crippen molar-refractivity contribution < 1.29 is 4.79 Å². The van der Waals surface area contributed by atoms with E-state index < -0.39 is 0 Å². The Hall–Kier alpha value is -0.610. The Labute approximate surface area is 55.0 Å². The molecule has 0 aromatic carbocycles. The maximum atomic E-state index is 10.9. The summed E-state index contributed by atoms with van der Waals surface area (Å²) in [5.41, 5.74) is 2.35. The van der Waals surface area contributed by atoms with Crippen molar-refractivity contribution in [1.29, 1.82) is 0 Å². The van der Waals surface area contributed by atoms with Crippen LogP contribution in [0.15, 0.2) is 0 Å². The molecule has 9 heavy (non-hydrogen) atoms. The molecule has 0 fully saturated rings. The first kappa shape index (κ1) is 8.39. The quantitative estimate of drug-likeness (QED) is 0.370. The second-order valence-electron chi connectivity index (χ2n) is 2.12. The van der Waals surface area contributed by atoms with Crippen LogP contribution in [0.1, 0.15) is 6.92 Å². The molecule has 0 saturated heterocycles. The number of amides is 1. The molecule has 0 spiro atoms. The third kappa shape index (κ3) is 2.43. The minimum absolute atomic E-state index is 0.0162. The number of carbonyl (C=O) groups is 1. The summed E-state index contributed by atoms with van der Waals surface area (Å²) in [4.78, 5) is 12.3. The van der Waals surface area contributed by atoms with E-state index in [1.54, 1.807) is 21.0 Å². The van der Waals surface area contributed by atoms with E-state index in [2.05, 4.69) is 5.43 Å². The van der Waals surface area contributed by atoms with Crippen LogP contribution in [-0.4, -0.2) is 30.9 Å². The van der Waals surface area contributed by atoms with E-state index in [0.717, 1.165) is 0 Å². The van der Waals surface area contributed by atoms with Gasteiger partial charge in [0.1, 0.15) is 0 Å². The van der Waals surface area contributed by atoms with Gasteiger partial charge in [-0.15, -0.1) is 0 Å². The first-order chi connectivity index (χ1) is 4.09. The van der Waals surface area contributed by atoms with Crippen molar-refractivity contribution in [3.63, 3.8) is 0 Å². The Kier molecular flexibility index (Phi) is 3.19. The molecule has 3 N–H and O–H groups in total. The summed E-state index contributed by atoms with van der Waals surface area (Å²) in [6, 6.07) is -0.292. The monoisotopic (exact) mass is 131 g/mol. The van der Waals surface area contributed by atoms with Gasteiger partial charge in [0, 0.05) is 14.1 Å². The van der Waals surface area contributed by atoms with Gasteiger partial charge in [-0.3, -0.25) is 10.6 Å². The van der Waals surface area contributed by atoms with E-state index in [0.29, 0.717) is 0 Å². The molecule has 0 bridgehead atoms. The highest BCUT2D eigenvalue weighted by Crippen LogP contribution is 1.84. The topological polar surface area (TPSA) is 58.4 Å². The zero-order chi connectivity index (χ0) is 7.44. The van der Waals surface area contributed by atoms with Gasteiger partial charge < -0.3 is 4.90 Å². The van der Waals surface area contributed by atoms with Crippen molar-refractivity contribution in [3.05, 3.63) is 0 Å². The number of hydrogen-bond acceptors (Lipinski definition) is 3. The minimum Gasteiger partial charge on any atom is -0.347 e. The summed E-state index contributed by atoms with van der Waals surface area (Å²) in [5, 5.41) is 0. The Morgan fingerprint density at radius 1 is 1.67 bits per heavy atom. The van der Waals surface area contributed by atoms with Crippen LogP contribution in [-0.2, 0) is 4.79 Å². The smallest absolute Gasteiger partial charge is 0.240 e. The predicted octanol–water partition coefficient (Wildman–Crippen LogP) is -1.07. The largest absolute Gasteiger partial charge is 0.347 e. The van der Waals surface area contributed by atoms with Gasteiger partial charge in [-0.25, -0.2) is 5.43 Å². The van der Waals surface area contributed by atoms with Gasteiger partial charge in [0.15, 0.2) is 0 Å². The Morgan fingerprint density at radius 3 is 2.22 bits per heavy atom. The lowest BCUT2D eigenvalue weighted by Crippen LogP contribution is -2.44. The standard InChI is InChI=1S/C5H13N3O/c1-4(7-6)5(9)8(2)3/h4,7H,6H2,1-3H3.